The molecule has 0 radical (unpaired) electrons. The van der Waals surface area contributed by atoms with Crippen molar-refractivity contribution in [2.45, 2.75) is 6.92 Å². The van der Waals surface area contributed by atoms with E-state index in [-0.39, 0.29) is 11.6 Å². The van der Waals surface area contributed by atoms with E-state index in [4.69, 9.17) is 16.0 Å². The predicted molar refractivity (Wildman–Crippen MR) is 126 cm³/mol. The molecule has 0 saturated heterocycles. The van der Waals surface area contributed by atoms with Crippen molar-refractivity contribution in [2.75, 3.05) is 0 Å². The molecule has 7 heteroatoms. The molecule has 6 nitrogen and oxygen atoms in total. The minimum atomic E-state index is -0.287. The van der Waals surface area contributed by atoms with Crippen molar-refractivity contribution >= 4 is 34.7 Å². The maximum atomic E-state index is 13.3. The summed E-state index contributed by atoms with van der Waals surface area (Å²) in [7, 11) is 0. The Morgan fingerprint density at radius 2 is 1.66 bits per heavy atom. The summed E-state index contributed by atoms with van der Waals surface area (Å²) < 4.78 is 7.22. The van der Waals surface area contributed by atoms with E-state index in [1.54, 1.807) is 36.4 Å². The highest BCUT2D eigenvalue weighted by molar-refractivity contribution is 6.30. The smallest absolute Gasteiger partial charge is 0.331 e. The van der Waals surface area contributed by atoms with Crippen molar-refractivity contribution in [3.8, 4) is 17.5 Å². The lowest BCUT2D eigenvalue weighted by Gasteiger charge is -2.07. The zero-order valence-corrected chi connectivity index (χ0v) is 17.8. The number of hydrogen-bond donors (Lipinski definition) is 0. The summed E-state index contributed by atoms with van der Waals surface area (Å²) in [4.78, 5) is 18.0. The third-order valence-corrected chi connectivity index (χ3v) is 5.25. The van der Waals surface area contributed by atoms with Gasteiger partial charge in [-0.05, 0) is 55.0 Å². The third kappa shape index (κ3) is 3.84. The standard InChI is InChI=1S/C25H17ClN4O2/c1-16-6-11-18(12-7-16)23-28-29-25(32-23)30-22(15-10-17-8-13-19(26)14-9-17)27-21-5-3-2-4-20(21)24(30)31/h2-15H,1H3/b15-10+. The molecule has 32 heavy (non-hydrogen) atoms. The largest absolute Gasteiger partial charge is 0.403 e. The normalized spacial score (nSPS) is 11.4. The maximum absolute atomic E-state index is 13.3. The van der Waals surface area contributed by atoms with E-state index in [9.17, 15) is 4.79 Å². The summed E-state index contributed by atoms with van der Waals surface area (Å²) >= 11 is 5.97. The van der Waals surface area contributed by atoms with Crippen molar-refractivity contribution in [2.24, 2.45) is 0 Å². The molecule has 0 N–H and O–H groups in total. The molecule has 0 atom stereocenters. The highest BCUT2D eigenvalue weighted by atomic mass is 35.5. The van der Waals surface area contributed by atoms with Crippen molar-refractivity contribution in [3.05, 3.63) is 105 Å². The lowest BCUT2D eigenvalue weighted by atomic mass is 10.1. The zero-order chi connectivity index (χ0) is 22.1. The number of halogens is 1. The lowest BCUT2D eigenvalue weighted by molar-refractivity contribution is 0.530. The minimum Gasteiger partial charge on any atom is -0.403 e. The molecule has 5 rings (SSSR count). The van der Waals surface area contributed by atoms with Gasteiger partial charge in [0.2, 0.25) is 5.89 Å². The quantitative estimate of drug-likeness (QED) is 0.365. The van der Waals surface area contributed by atoms with Gasteiger partial charge in [0.25, 0.3) is 5.56 Å². The molecule has 3 aromatic carbocycles. The first-order valence-electron chi connectivity index (χ1n) is 9.95. The van der Waals surface area contributed by atoms with Crippen LogP contribution in [0.4, 0.5) is 0 Å². The summed E-state index contributed by atoms with van der Waals surface area (Å²) in [6.07, 6.45) is 3.59. The van der Waals surface area contributed by atoms with Gasteiger partial charge in [0.05, 0.1) is 10.9 Å². The summed E-state index contributed by atoms with van der Waals surface area (Å²) in [5.41, 5.74) is 3.11. The van der Waals surface area contributed by atoms with Gasteiger partial charge >= 0.3 is 6.01 Å². The number of rotatable bonds is 4. The summed E-state index contributed by atoms with van der Waals surface area (Å²) in [5.74, 6) is 0.704. The average molecular weight is 441 g/mol. The Morgan fingerprint density at radius 1 is 0.906 bits per heavy atom. The minimum absolute atomic E-state index is 0.0552. The van der Waals surface area contributed by atoms with Crippen molar-refractivity contribution in [1.82, 2.24) is 19.7 Å². The van der Waals surface area contributed by atoms with Crippen LogP contribution in [0.2, 0.25) is 5.02 Å². The fourth-order valence-corrected chi connectivity index (χ4v) is 3.44. The predicted octanol–water partition coefficient (Wildman–Crippen LogP) is 5.57. The van der Waals surface area contributed by atoms with Crippen molar-refractivity contribution < 1.29 is 4.42 Å². The molecule has 0 unspecified atom stereocenters. The lowest BCUT2D eigenvalue weighted by Crippen LogP contribution is -2.22. The van der Waals surface area contributed by atoms with Crippen LogP contribution in [0.1, 0.15) is 17.0 Å². The summed E-state index contributed by atoms with van der Waals surface area (Å²) in [6, 6.07) is 22.3. The number of para-hydroxylation sites is 1. The molecule has 2 aromatic heterocycles. The molecule has 0 amide bonds. The van der Waals surface area contributed by atoms with Crippen LogP contribution in [0.15, 0.2) is 82.0 Å². The zero-order valence-electron chi connectivity index (χ0n) is 17.1. The highest BCUT2D eigenvalue weighted by Crippen LogP contribution is 2.21. The molecule has 0 fully saturated rings. The first kappa shape index (κ1) is 19.9. The molecule has 0 aliphatic heterocycles. The number of nitrogens with zero attached hydrogens (tertiary/aromatic N) is 4. The molecule has 0 aliphatic rings. The van der Waals surface area contributed by atoms with E-state index in [1.807, 2.05) is 55.5 Å². The topological polar surface area (TPSA) is 73.8 Å². The molecule has 0 aliphatic carbocycles. The van der Waals surface area contributed by atoms with E-state index in [0.29, 0.717) is 27.6 Å². The Morgan fingerprint density at radius 3 is 2.44 bits per heavy atom. The Kier molecular flexibility index (Phi) is 5.13. The van der Waals surface area contributed by atoms with E-state index in [2.05, 4.69) is 15.2 Å². The SMILES string of the molecule is Cc1ccc(-c2nnc(-n3c(/C=C/c4ccc(Cl)cc4)nc4ccccc4c3=O)o2)cc1. The van der Waals surface area contributed by atoms with E-state index in [1.165, 1.54) is 4.57 Å². The van der Waals surface area contributed by atoms with Crippen LogP contribution in [-0.2, 0) is 0 Å². The van der Waals surface area contributed by atoms with Gasteiger partial charge in [0.1, 0.15) is 5.82 Å². The molecule has 2 heterocycles. The number of aryl methyl sites for hydroxylation is 1. The Hall–Kier alpha value is -4.03. The number of hydrogen-bond acceptors (Lipinski definition) is 5. The van der Waals surface area contributed by atoms with Gasteiger partial charge in [-0.25, -0.2) is 9.55 Å². The van der Waals surface area contributed by atoms with Gasteiger partial charge in [0.15, 0.2) is 0 Å². The average Bonchev–Trinajstić information content (AvgIpc) is 3.29. The van der Waals surface area contributed by atoms with Crippen molar-refractivity contribution in [1.29, 1.82) is 0 Å². The van der Waals surface area contributed by atoms with Gasteiger partial charge in [-0.2, -0.15) is 0 Å². The number of aromatic nitrogens is 4. The third-order valence-electron chi connectivity index (χ3n) is 5.00. The van der Waals surface area contributed by atoms with Gasteiger partial charge < -0.3 is 4.42 Å². The second kappa shape index (κ2) is 8.24. The van der Waals surface area contributed by atoms with Crippen LogP contribution in [-0.4, -0.2) is 19.7 Å². The fraction of sp³-hybridized carbons (Fsp3) is 0.0400. The first-order chi connectivity index (χ1) is 15.6. The fourth-order valence-electron chi connectivity index (χ4n) is 3.31. The Balaban J connectivity index is 1.65. The van der Waals surface area contributed by atoms with Gasteiger partial charge in [-0.3, -0.25) is 4.79 Å². The number of benzene rings is 3. The highest BCUT2D eigenvalue weighted by Gasteiger charge is 2.17. The van der Waals surface area contributed by atoms with Crippen molar-refractivity contribution in [3.63, 3.8) is 0 Å². The van der Waals surface area contributed by atoms with E-state index in [0.717, 1.165) is 16.7 Å². The van der Waals surface area contributed by atoms with E-state index >= 15 is 0 Å². The summed E-state index contributed by atoms with van der Waals surface area (Å²) in [6.45, 7) is 2.00. The summed E-state index contributed by atoms with van der Waals surface area (Å²) in [5, 5.41) is 9.39. The van der Waals surface area contributed by atoms with Crippen LogP contribution in [0.3, 0.4) is 0 Å². The van der Waals surface area contributed by atoms with Crippen LogP contribution in [0.5, 0.6) is 0 Å². The molecule has 156 valence electrons. The monoisotopic (exact) mass is 440 g/mol. The van der Waals surface area contributed by atoms with Crippen LogP contribution in [0.25, 0.3) is 40.5 Å². The Labute approximate surface area is 188 Å². The molecule has 0 spiro atoms. The molecule has 0 bridgehead atoms. The van der Waals surface area contributed by atoms with E-state index < -0.39 is 0 Å². The first-order valence-corrected chi connectivity index (χ1v) is 10.3. The van der Waals surface area contributed by atoms with Gasteiger partial charge in [-0.15, -0.1) is 5.10 Å². The maximum Gasteiger partial charge on any atom is 0.331 e. The van der Waals surface area contributed by atoms with Crippen LogP contribution >= 0.6 is 11.6 Å². The molecule has 0 saturated carbocycles. The molecular formula is C25H17ClN4O2. The number of fused-ring (bicyclic) bond motifs is 1. The molecular weight excluding hydrogens is 424 g/mol. The molecule has 5 aromatic rings. The Bertz CT molecular complexity index is 1500. The van der Waals surface area contributed by atoms with Crippen LogP contribution in [0, 0.1) is 6.92 Å². The van der Waals surface area contributed by atoms with Gasteiger partial charge in [0, 0.05) is 10.6 Å². The van der Waals surface area contributed by atoms with Gasteiger partial charge in [-0.1, -0.05) is 64.7 Å². The second-order valence-corrected chi connectivity index (χ2v) is 7.70. The second-order valence-electron chi connectivity index (χ2n) is 7.27. The van der Waals surface area contributed by atoms with Crippen LogP contribution < -0.4 is 5.56 Å².